The summed E-state index contributed by atoms with van der Waals surface area (Å²) in [5.74, 6) is -0.219. The maximum Gasteiger partial charge on any atom is 0.267 e. The van der Waals surface area contributed by atoms with Crippen LogP contribution in [0.3, 0.4) is 0 Å². The molecular weight excluding hydrogens is 314 g/mol. The topological polar surface area (TPSA) is 54.3 Å². The van der Waals surface area contributed by atoms with Crippen LogP contribution in [0.2, 0.25) is 0 Å². The van der Waals surface area contributed by atoms with Crippen molar-refractivity contribution < 1.29 is 9.59 Å². The van der Waals surface area contributed by atoms with Gasteiger partial charge in [0.15, 0.2) is 5.78 Å². The first-order valence-electron chi connectivity index (χ1n) is 8.54. The molecule has 1 amide bonds. The van der Waals surface area contributed by atoms with Crippen molar-refractivity contribution in [1.82, 2.24) is 14.8 Å². The summed E-state index contributed by atoms with van der Waals surface area (Å²) in [6.45, 7) is 4.13. The second-order valence-electron chi connectivity index (χ2n) is 6.57. The van der Waals surface area contributed by atoms with E-state index < -0.39 is 0 Å². The molecule has 1 N–H and O–H groups in total. The number of nitrogens with zero attached hydrogens (tertiary/aromatic N) is 2. The third-order valence-corrected chi connectivity index (χ3v) is 4.50. The number of carbonyl (C=O) groups is 2. The van der Waals surface area contributed by atoms with Gasteiger partial charge in [-0.1, -0.05) is 31.2 Å². The Morgan fingerprint density at radius 3 is 2.32 bits per heavy atom. The van der Waals surface area contributed by atoms with E-state index in [1.54, 1.807) is 23.9 Å². The molecular formula is C20H27N3O2. The van der Waals surface area contributed by atoms with Crippen LogP contribution in [0.1, 0.15) is 51.9 Å². The van der Waals surface area contributed by atoms with E-state index in [9.17, 15) is 9.59 Å². The summed E-state index contributed by atoms with van der Waals surface area (Å²) in [6.07, 6.45) is 2.69. The number of hydrogen-bond acceptors (Lipinski definition) is 3. The predicted molar refractivity (Wildman–Crippen MR) is 100.0 cm³/mol. The molecule has 0 fully saturated rings. The van der Waals surface area contributed by atoms with Gasteiger partial charge in [-0.3, -0.25) is 9.59 Å². The normalized spacial score (nSPS) is 12.2. The van der Waals surface area contributed by atoms with Gasteiger partial charge >= 0.3 is 0 Å². The minimum atomic E-state index is -0.174. The van der Waals surface area contributed by atoms with E-state index in [2.05, 4.69) is 41.4 Å². The Morgan fingerprint density at radius 2 is 1.84 bits per heavy atom. The van der Waals surface area contributed by atoms with E-state index in [-0.39, 0.29) is 17.7 Å². The minimum absolute atomic E-state index is 0.0446. The molecule has 0 radical (unpaired) electrons. The summed E-state index contributed by atoms with van der Waals surface area (Å²) in [5, 5.41) is 2.99. The standard InChI is InChI=1S/C20H27N3O2/c1-6-15-7-9-16(10-8-15)19(22(3)4)12-21-20(25)18-11-17(14(2)24)13-23(18)5/h7-11,13,19H,6,12H2,1-5H3,(H,21,25). The fourth-order valence-electron chi connectivity index (χ4n) is 2.84. The van der Waals surface area contributed by atoms with Gasteiger partial charge in [0.25, 0.3) is 5.91 Å². The second kappa shape index (κ2) is 8.12. The molecule has 0 saturated carbocycles. The SMILES string of the molecule is CCc1ccc(C(CNC(=O)c2cc(C(C)=O)cn2C)N(C)C)cc1. The number of likely N-dealkylation sites (N-methyl/N-ethyl adjacent to an activating group) is 1. The number of nitrogens with one attached hydrogen (secondary N) is 1. The van der Waals surface area contributed by atoms with Crippen molar-refractivity contribution in [1.29, 1.82) is 0 Å². The Labute approximate surface area is 149 Å². The molecule has 134 valence electrons. The summed E-state index contributed by atoms with van der Waals surface area (Å²) in [6, 6.07) is 10.2. The molecule has 0 bridgehead atoms. The first-order chi connectivity index (χ1) is 11.8. The monoisotopic (exact) mass is 341 g/mol. The quantitative estimate of drug-likeness (QED) is 0.788. The molecule has 1 aromatic carbocycles. The number of hydrogen-bond donors (Lipinski definition) is 1. The Hall–Kier alpha value is -2.40. The van der Waals surface area contributed by atoms with Gasteiger partial charge in [0, 0.05) is 25.4 Å². The van der Waals surface area contributed by atoms with E-state index in [0.717, 1.165) is 6.42 Å². The molecule has 0 aliphatic heterocycles. The molecule has 5 nitrogen and oxygen atoms in total. The van der Waals surface area contributed by atoms with Crippen molar-refractivity contribution in [2.24, 2.45) is 7.05 Å². The van der Waals surface area contributed by atoms with Crippen LogP contribution in [0, 0.1) is 0 Å². The molecule has 2 aromatic rings. The van der Waals surface area contributed by atoms with Crippen molar-refractivity contribution in [3.63, 3.8) is 0 Å². The lowest BCUT2D eigenvalue weighted by atomic mass is 10.0. The molecule has 1 aromatic heterocycles. The van der Waals surface area contributed by atoms with Crippen LogP contribution in [0.4, 0.5) is 0 Å². The van der Waals surface area contributed by atoms with Crippen LogP contribution < -0.4 is 5.32 Å². The van der Waals surface area contributed by atoms with E-state index in [0.29, 0.717) is 17.8 Å². The van der Waals surface area contributed by atoms with Gasteiger partial charge in [0.05, 0.1) is 6.04 Å². The summed E-state index contributed by atoms with van der Waals surface area (Å²) < 4.78 is 1.69. The van der Waals surface area contributed by atoms with Crippen molar-refractivity contribution in [2.75, 3.05) is 20.6 Å². The van der Waals surface area contributed by atoms with Gasteiger partial charge in [-0.05, 0) is 44.6 Å². The van der Waals surface area contributed by atoms with Crippen LogP contribution in [-0.4, -0.2) is 41.8 Å². The Bertz CT molecular complexity index is 745. The van der Waals surface area contributed by atoms with Crippen LogP contribution in [0.15, 0.2) is 36.5 Å². The maximum absolute atomic E-state index is 12.5. The number of benzene rings is 1. The molecule has 0 saturated heterocycles. The molecule has 0 spiro atoms. The van der Waals surface area contributed by atoms with Gasteiger partial charge in [0.2, 0.25) is 0 Å². The Kier molecular flexibility index (Phi) is 6.15. The Morgan fingerprint density at radius 1 is 1.20 bits per heavy atom. The lowest BCUT2D eigenvalue weighted by Crippen LogP contribution is -2.35. The lowest BCUT2D eigenvalue weighted by Gasteiger charge is -2.25. The maximum atomic E-state index is 12.5. The molecule has 5 heteroatoms. The second-order valence-corrected chi connectivity index (χ2v) is 6.57. The van der Waals surface area contributed by atoms with Crippen molar-refractivity contribution in [3.8, 4) is 0 Å². The fourth-order valence-corrected chi connectivity index (χ4v) is 2.84. The van der Waals surface area contributed by atoms with Gasteiger partial charge < -0.3 is 14.8 Å². The van der Waals surface area contributed by atoms with Gasteiger partial charge in [-0.15, -0.1) is 0 Å². The number of carbonyl (C=O) groups excluding carboxylic acids is 2. The molecule has 1 heterocycles. The van der Waals surface area contributed by atoms with Crippen LogP contribution in [-0.2, 0) is 13.5 Å². The number of rotatable bonds is 7. The van der Waals surface area contributed by atoms with Crippen molar-refractivity contribution in [3.05, 3.63) is 58.9 Å². The van der Waals surface area contributed by atoms with Gasteiger partial charge in [-0.2, -0.15) is 0 Å². The average Bonchev–Trinajstić information content (AvgIpc) is 2.97. The van der Waals surface area contributed by atoms with Gasteiger partial charge in [0.1, 0.15) is 5.69 Å². The largest absolute Gasteiger partial charge is 0.349 e. The summed E-state index contributed by atoms with van der Waals surface area (Å²) in [4.78, 5) is 26.1. The summed E-state index contributed by atoms with van der Waals surface area (Å²) >= 11 is 0. The predicted octanol–water partition coefficient (Wildman–Crippen LogP) is 2.82. The van der Waals surface area contributed by atoms with Crippen LogP contribution in [0.25, 0.3) is 0 Å². The Balaban J connectivity index is 2.10. The fraction of sp³-hybridized carbons (Fsp3) is 0.400. The zero-order valence-electron chi connectivity index (χ0n) is 15.7. The number of aryl methyl sites for hydroxylation is 2. The highest BCUT2D eigenvalue weighted by atomic mass is 16.2. The zero-order valence-corrected chi connectivity index (χ0v) is 15.7. The first-order valence-corrected chi connectivity index (χ1v) is 8.54. The summed E-state index contributed by atoms with van der Waals surface area (Å²) in [5.41, 5.74) is 3.50. The van der Waals surface area contributed by atoms with E-state index in [1.165, 1.54) is 18.1 Å². The molecule has 2 rings (SSSR count). The van der Waals surface area contributed by atoms with E-state index >= 15 is 0 Å². The third kappa shape index (κ3) is 4.57. The first kappa shape index (κ1) is 18.9. The number of amides is 1. The number of ketones is 1. The number of aromatic nitrogens is 1. The third-order valence-electron chi connectivity index (χ3n) is 4.50. The highest BCUT2D eigenvalue weighted by molar-refractivity contribution is 5.99. The highest BCUT2D eigenvalue weighted by Crippen LogP contribution is 2.18. The highest BCUT2D eigenvalue weighted by Gasteiger charge is 2.18. The molecule has 1 atom stereocenters. The van der Waals surface area contributed by atoms with Crippen LogP contribution in [0.5, 0.6) is 0 Å². The smallest absolute Gasteiger partial charge is 0.267 e. The summed E-state index contributed by atoms with van der Waals surface area (Å²) in [7, 11) is 5.77. The lowest BCUT2D eigenvalue weighted by molar-refractivity contribution is 0.0933. The van der Waals surface area contributed by atoms with Crippen LogP contribution >= 0.6 is 0 Å². The van der Waals surface area contributed by atoms with Crippen molar-refractivity contribution in [2.45, 2.75) is 26.3 Å². The van der Waals surface area contributed by atoms with Gasteiger partial charge in [-0.25, -0.2) is 0 Å². The number of Topliss-reactive ketones (excluding diaryl/α,β-unsaturated/α-hetero) is 1. The van der Waals surface area contributed by atoms with Crippen molar-refractivity contribution >= 4 is 11.7 Å². The minimum Gasteiger partial charge on any atom is -0.349 e. The van der Waals surface area contributed by atoms with E-state index in [4.69, 9.17) is 0 Å². The molecule has 0 aliphatic rings. The molecule has 0 aliphatic carbocycles. The zero-order chi connectivity index (χ0) is 18.6. The van der Waals surface area contributed by atoms with E-state index in [1.807, 2.05) is 14.1 Å². The average molecular weight is 341 g/mol. The molecule has 25 heavy (non-hydrogen) atoms. The molecule has 1 unspecified atom stereocenters.